The monoisotopic (exact) mass is 362 g/mol. The van der Waals surface area contributed by atoms with E-state index in [0.29, 0.717) is 6.54 Å². The maximum absolute atomic E-state index is 13.2. The molecule has 1 amide bonds. The number of nitrogens with zero attached hydrogens (tertiary/aromatic N) is 5. The lowest BCUT2D eigenvalue weighted by Crippen LogP contribution is -2.37. The first-order chi connectivity index (χ1) is 13.1. The molecule has 2 saturated heterocycles. The van der Waals surface area contributed by atoms with Crippen LogP contribution in [0.25, 0.3) is 11.0 Å². The maximum Gasteiger partial charge on any atom is 0.231 e. The largest absolute Gasteiger partial charge is 0.357 e. The van der Waals surface area contributed by atoms with Gasteiger partial charge in [-0.2, -0.15) is 0 Å². The van der Waals surface area contributed by atoms with Crippen molar-refractivity contribution in [3.05, 3.63) is 48.2 Å². The normalized spacial score (nSPS) is 22.5. The number of aromatic nitrogens is 4. The first kappa shape index (κ1) is 16.2. The van der Waals surface area contributed by atoms with Gasteiger partial charge in [0, 0.05) is 32.0 Å². The number of fused-ring (bicyclic) bond motifs is 1. The summed E-state index contributed by atoms with van der Waals surface area (Å²) >= 11 is 0. The van der Waals surface area contributed by atoms with Crippen LogP contribution in [-0.2, 0) is 11.3 Å². The highest BCUT2D eigenvalue weighted by molar-refractivity contribution is 5.89. The Morgan fingerprint density at radius 3 is 2.93 bits per heavy atom. The molecular weight excluding hydrogens is 340 g/mol. The van der Waals surface area contributed by atoms with E-state index in [1.807, 2.05) is 42.3 Å². The van der Waals surface area contributed by atoms with Crippen molar-refractivity contribution < 1.29 is 4.79 Å². The number of hydrogen-bond acceptors (Lipinski definition) is 5. The Bertz CT molecular complexity index is 1000. The van der Waals surface area contributed by atoms with Crippen molar-refractivity contribution in [2.24, 2.45) is 5.41 Å². The molecule has 7 heteroatoms. The van der Waals surface area contributed by atoms with Gasteiger partial charge < -0.3 is 14.8 Å². The zero-order valence-corrected chi connectivity index (χ0v) is 15.4. The molecule has 2 aliphatic rings. The Labute approximate surface area is 157 Å². The van der Waals surface area contributed by atoms with Crippen molar-refractivity contribution in [1.82, 2.24) is 24.8 Å². The average molecular weight is 362 g/mol. The van der Waals surface area contributed by atoms with Gasteiger partial charge in [-0.1, -0.05) is 6.07 Å². The zero-order valence-electron chi connectivity index (χ0n) is 15.4. The van der Waals surface area contributed by atoms with Crippen LogP contribution in [-0.4, -0.2) is 50.4 Å². The molecule has 5 heterocycles. The quantitative estimate of drug-likeness (QED) is 0.773. The number of carbonyl (C=O) groups is 1. The number of H-pyrrole nitrogens is 1. The van der Waals surface area contributed by atoms with Crippen LogP contribution in [0.4, 0.5) is 5.82 Å². The van der Waals surface area contributed by atoms with E-state index in [-0.39, 0.29) is 11.3 Å². The van der Waals surface area contributed by atoms with Crippen LogP contribution in [0, 0.1) is 12.3 Å². The fourth-order valence-electron chi connectivity index (χ4n) is 4.43. The van der Waals surface area contributed by atoms with Crippen LogP contribution in [0.5, 0.6) is 0 Å². The van der Waals surface area contributed by atoms with Crippen molar-refractivity contribution in [2.75, 3.05) is 24.5 Å². The number of carbonyl (C=O) groups excluding carboxylic acids is 1. The SMILES string of the molecule is Cc1nc(N2CCC3(CCN(Cc4ccccn4)C3=O)C2)c2[nH]ccc2n1. The van der Waals surface area contributed by atoms with Gasteiger partial charge in [-0.3, -0.25) is 9.78 Å². The van der Waals surface area contributed by atoms with Gasteiger partial charge in [-0.05, 0) is 38.0 Å². The molecule has 0 radical (unpaired) electrons. The smallest absolute Gasteiger partial charge is 0.231 e. The van der Waals surface area contributed by atoms with E-state index < -0.39 is 0 Å². The number of anilines is 1. The zero-order chi connectivity index (χ0) is 18.4. The molecule has 1 N–H and O–H groups in total. The summed E-state index contributed by atoms with van der Waals surface area (Å²) in [4.78, 5) is 34.2. The van der Waals surface area contributed by atoms with Gasteiger partial charge in [0.15, 0.2) is 5.82 Å². The van der Waals surface area contributed by atoms with Crippen LogP contribution in [0.3, 0.4) is 0 Å². The Kier molecular flexibility index (Phi) is 3.63. The molecule has 138 valence electrons. The summed E-state index contributed by atoms with van der Waals surface area (Å²) in [6.07, 6.45) is 5.44. The molecule has 27 heavy (non-hydrogen) atoms. The molecule has 0 bridgehead atoms. The first-order valence-corrected chi connectivity index (χ1v) is 9.41. The van der Waals surface area contributed by atoms with Crippen LogP contribution >= 0.6 is 0 Å². The predicted octanol–water partition coefficient (Wildman–Crippen LogP) is 2.29. The second kappa shape index (κ2) is 6.04. The molecule has 5 rings (SSSR count). The minimum absolute atomic E-state index is 0.254. The third kappa shape index (κ3) is 2.65. The van der Waals surface area contributed by atoms with Gasteiger partial charge in [-0.15, -0.1) is 0 Å². The second-order valence-electron chi connectivity index (χ2n) is 7.58. The summed E-state index contributed by atoms with van der Waals surface area (Å²) in [5.74, 6) is 1.92. The van der Waals surface area contributed by atoms with E-state index in [2.05, 4.69) is 24.8 Å². The number of amides is 1. The Hall–Kier alpha value is -2.96. The van der Waals surface area contributed by atoms with Crippen molar-refractivity contribution in [2.45, 2.75) is 26.3 Å². The topological polar surface area (TPSA) is 78.0 Å². The minimum Gasteiger partial charge on any atom is -0.357 e. The maximum atomic E-state index is 13.2. The molecule has 3 aromatic rings. The lowest BCUT2D eigenvalue weighted by Gasteiger charge is -2.24. The van der Waals surface area contributed by atoms with Gasteiger partial charge in [-0.25, -0.2) is 9.97 Å². The van der Waals surface area contributed by atoms with Crippen LogP contribution < -0.4 is 4.90 Å². The average Bonchev–Trinajstić information content (AvgIpc) is 3.38. The van der Waals surface area contributed by atoms with Gasteiger partial charge in [0.25, 0.3) is 0 Å². The summed E-state index contributed by atoms with van der Waals surface area (Å²) in [5, 5.41) is 0. The van der Waals surface area contributed by atoms with Crippen molar-refractivity contribution >= 4 is 22.8 Å². The van der Waals surface area contributed by atoms with E-state index in [9.17, 15) is 4.79 Å². The van der Waals surface area contributed by atoms with Crippen LogP contribution in [0.2, 0.25) is 0 Å². The Morgan fingerprint density at radius 2 is 2.07 bits per heavy atom. The first-order valence-electron chi connectivity index (χ1n) is 9.41. The summed E-state index contributed by atoms with van der Waals surface area (Å²) in [6, 6.07) is 7.81. The van der Waals surface area contributed by atoms with Crippen molar-refractivity contribution in [3.8, 4) is 0 Å². The number of pyridine rings is 1. The van der Waals surface area contributed by atoms with E-state index in [1.165, 1.54) is 0 Å². The highest BCUT2D eigenvalue weighted by Gasteiger charge is 2.51. The van der Waals surface area contributed by atoms with Crippen LogP contribution in [0.15, 0.2) is 36.7 Å². The third-order valence-corrected chi connectivity index (χ3v) is 5.83. The van der Waals surface area contributed by atoms with Gasteiger partial charge in [0.05, 0.1) is 23.2 Å². The van der Waals surface area contributed by atoms with Gasteiger partial charge in [0.1, 0.15) is 11.3 Å². The fourth-order valence-corrected chi connectivity index (χ4v) is 4.43. The number of likely N-dealkylation sites (tertiary alicyclic amines) is 1. The molecule has 7 nitrogen and oxygen atoms in total. The molecule has 3 aromatic heterocycles. The molecule has 0 saturated carbocycles. The second-order valence-corrected chi connectivity index (χ2v) is 7.58. The molecular formula is C20H22N6O. The number of hydrogen-bond donors (Lipinski definition) is 1. The summed E-state index contributed by atoms with van der Waals surface area (Å²) < 4.78 is 0. The minimum atomic E-state index is -0.299. The molecule has 1 unspecified atom stereocenters. The molecule has 0 aromatic carbocycles. The summed E-state index contributed by atoms with van der Waals surface area (Å²) in [6.45, 7) is 4.86. The van der Waals surface area contributed by atoms with E-state index in [4.69, 9.17) is 0 Å². The number of rotatable bonds is 3. The summed E-state index contributed by atoms with van der Waals surface area (Å²) in [5.41, 5.74) is 2.52. The number of aromatic amines is 1. The highest BCUT2D eigenvalue weighted by Crippen LogP contribution is 2.43. The lowest BCUT2D eigenvalue weighted by atomic mass is 9.85. The van der Waals surface area contributed by atoms with Gasteiger partial charge in [0.2, 0.25) is 5.91 Å². The van der Waals surface area contributed by atoms with E-state index >= 15 is 0 Å². The highest BCUT2D eigenvalue weighted by atomic mass is 16.2. The van der Waals surface area contributed by atoms with E-state index in [0.717, 1.165) is 60.8 Å². The van der Waals surface area contributed by atoms with Crippen molar-refractivity contribution in [3.63, 3.8) is 0 Å². The molecule has 1 atom stereocenters. The molecule has 0 aliphatic carbocycles. The summed E-state index contributed by atoms with van der Waals surface area (Å²) in [7, 11) is 0. The van der Waals surface area contributed by atoms with Crippen LogP contribution in [0.1, 0.15) is 24.4 Å². The molecule has 2 fully saturated rings. The molecule has 2 aliphatic heterocycles. The Balaban J connectivity index is 1.38. The Morgan fingerprint density at radius 1 is 1.19 bits per heavy atom. The van der Waals surface area contributed by atoms with Crippen molar-refractivity contribution in [1.29, 1.82) is 0 Å². The third-order valence-electron chi connectivity index (χ3n) is 5.83. The fraction of sp³-hybridized carbons (Fsp3) is 0.400. The molecule has 1 spiro atoms. The lowest BCUT2D eigenvalue weighted by molar-refractivity contribution is -0.135. The van der Waals surface area contributed by atoms with E-state index in [1.54, 1.807) is 6.20 Å². The number of nitrogens with one attached hydrogen (secondary N) is 1. The number of aryl methyl sites for hydroxylation is 1. The predicted molar refractivity (Wildman–Crippen MR) is 102 cm³/mol. The van der Waals surface area contributed by atoms with Gasteiger partial charge >= 0.3 is 0 Å². The standard InChI is InChI=1S/C20H22N6O/c1-14-23-16-5-9-22-17(16)18(24-14)26-11-7-20(13-26)6-10-25(19(20)27)12-15-4-2-3-8-21-15/h2-5,8-9,22H,6-7,10-13H2,1H3.